The average molecular weight is 349 g/mol. The minimum Gasteiger partial charge on any atom is -0.497 e. The van der Waals surface area contributed by atoms with Gasteiger partial charge in [0.1, 0.15) is 11.5 Å². The van der Waals surface area contributed by atoms with Gasteiger partial charge in [-0.3, -0.25) is 20.4 Å². The second kappa shape index (κ2) is 8.21. The molecule has 0 aromatic heterocycles. The number of benzene rings is 2. The van der Waals surface area contributed by atoms with E-state index < -0.39 is 5.91 Å². The molecule has 0 aliphatic carbocycles. The Morgan fingerprint density at radius 3 is 2.54 bits per heavy atom. The Hall–Kier alpha value is -2.73. The van der Waals surface area contributed by atoms with Gasteiger partial charge in [-0.2, -0.15) is 0 Å². The highest BCUT2D eigenvalue weighted by molar-refractivity contribution is 6.30. The van der Waals surface area contributed by atoms with Crippen molar-refractivity contribution in [3.8, 4) is 11.5 Å². The number of ether oxygens (including phenoxy) is 2. The molecule has 2 rings (SSSR count). The SMILES string of the molecule is COc1cccc(CC(=O)NNC(=O)c2ccc(Cl)cc2OC)c1. The summed E-state index contributed by atoms with van der Waals surface area (Å²) in [5.74, 6) is 0.129. The molecule has 0 atom stereocenters. The van der Waals surface area contributed by atoms with E-state index in [4.69, 9.17) is 21.1 Å². The lowest BCUT2D eigenvalue weighted by molar-refractivity contribution is -0.121. The van der Waals surface area contributed by atoms with E-state index in [9.17, 15) is 9.59 Å². The van der Waals surface area contributed by atoms with Crippen LogP contribution in [0.5, 0.6) is 11.5 Å². The maximum atomic E-state index is 12.1. The lowest BCUT2D eigenvalue weighted by atomic mass is 10.1. The van der Waals surface area contributed by atoms with Crippen molar-refractivity contribution in [1.82, 2.24) is 10.9 Å². The largest absolute Gasteiger partial charge is 0.497 e. The van der Waals surface area contributed by atoms with Crippen LogP contribution < -0.4 is 20.3 Å². The van der Waals surface area contributed by atoms with E-state index >= 15 is 0 Å². The van der Waals surface area contributed by atoms with E-state index in [1.165, 1.54) is 19.2 Å². The second-order valence-corrected chi connectivity index (χ2v) is 5.31. The number of halogens is 1. The van der Waals surface area contributed by atoms with Gasteiger partial charge < -0.3 is 9.47 Å². The van der Waals surface area contributed by atoms with Crippen LogP contribution in [0.4, 0.5) is 0 Å². The topological polar surface area (TPSA) is 76.7 Å². The molecule has 126 valence electrons. The van der Waals surface area contributed by atoms with E-state index in [0.29, 0.717) is 16.5 Å². The predicted octanol–water partition coefficient (Wildman–Crippen LogP) is 2.36. The average Bonchev–Trinajstić information content (AvgIpc) is 2.59. The monoisotopic (exact) mass is 348 g/mol. The Balaban J connectivity index is 1.95. The van der Waals surface area contributed by atoms with Crippen molar-refractivity contribution in [3.05, 3.63) is 58.6 Å². The number of rotatable bonds is 5. The van der Waals surface area contributed by atoms with Gasteiger partial charge in [-0.1, -0.05) is 23.7 Å². The first-order chi connectivity index (χ1) is 11.5. The van der Waals surface area contributed by atoms with Crippen molar-refractivity contribution in [1.29, 1.82) is 0 Å². The van der Waals surface area contributed by atoms with E-state index in [0.717, 1.165) is 5.56 Å². The van der Waals surface area contributed by atoms with Gasteiger partial charge in [0.05, 0.1) is 26.2 Å². The fourth-order valence-electron chi connectivity index (χ4n) is 2.06. The summed E-state index contributed by atoms with van der Waals surface area (Å²) in [6.45, 7) is 0. The molecule has 0 unspecified atom stereocenters. The van der Waals surface area contributed by atoms with Gasteiger partial charge in [-0.15, -0.1) is 0 Å². The van der Waals surface area contributed by atoms with Gasteiger partial charge in [0.2, 0.25) is 5.91 Å². The maximum Gasteiger partial charge on any atom is 0.273 e. The molecular formula is C17H17ClN2O4. The molecule has 2 aromatic rings. The van der Waals surface area contributed by atoms with Crippen LogP contribution in [0.15, 0.2) is 42.5 Å². The summed E-state index contributed by atoms with van der Waals surface area (Å²) in [6.07, 6.45) is 0.106. The normalized spacial score (nSPS) is 9.96. The van der Waals surface area contributed by atoms with Crippen LogP contribution in [0.25, 0.3) is 0 Å². The molecule has 2 aromatic carbocycles. The third-order valence-electron chi connectivity index (χ3n) is 3.22. The molecule has 24 heavy (non-hydrogen) atoms. The predicted molar refractivity (Wildman–Crippen MR) is 90.3 cm³/mol. The summed E-state index contributed by atoms with van der Waals surface area (Å²) in [5, 5.41) is 0.450. The number of amides is 2. The van der Waals surface area contributed by atoms with Crippen molar-refractivity contribution in [3.63, 3.8) is 0 Å². The van der Waals surface area contributed by atoms with Gasteiger partial charge in [0.25, 0.3) is 5.91 Å². The number of carbonyl (C=O) groups excluding carboxylic acids is 2. The molecule has 0 aliphatic heterocycles. The molecule has 0 saturated carbocycles. The summed E-state index contributed by atoms with van der Waals surface area (Å²) < 4.78 is 10.2. The molecule has 0 heterocycles. The molecule has 0 radical (unpaired) electrons. The number of hydrogen-bond acceptors (Lipinski definition) is 4. The van der Waals surface area contributed by atoms with E-state index in [1.807, 2.05) is 0 Å². The summed E-state index contributed by atoms with van der Waals surface area (Å²) in [6, 6.07) is 11.7. The van der Waals surface area contributed by atoms with Gasteiger partial charge in [0, 0.05) is 5.02 Å². The first-order valence-electron chi connectivity index (χ1n) is 7.09. The summed E-state index contributed by atoms with van der Waals surface area (Å²) in [5.41, 5.74) is 5.75. The Labute approximate surface area is 144 Å². The van der Waals surface area contributed by atoms with E-state index in [1.54, 1.807) is 37.4 Å². The molecule has 0 aliphatic rings. The van der Waals surface area contributed by atoms with Gasteiger partial charge in [-0.25, -0.2) is 0 Å². The van der Waals surface area contributed by atoms with Crippen LogP contribution in [-0.4, -0.2) is 26.0 Å². The summed E-state index contributed by atoms with van der Waals surface area (Å²) >= 11 is 5.85. The molecule has 0 saturated heterocycles. The highest BCUT2D eigenvalue weighted by Crippen LogP contribution is 2.22. The quantitative estimate of drug-likeness (QED) is 0.813. The maximum absolute atomic E-state index is 12.1. The van der Waals surface area contributed by atoms with Crippen molar-refractivity contribution in [2.45, 2.75) is 6.42 Å². The molecule has 6 nitrogen and oxygen atoms in total. The zero-order valence-corrected chi connectivity index (χ0v) is 14.0. The fourth-order valence-corrected chi connectivity index (χ4v) is 2.22. The van der Waals surface area contributed by atoms with Crippen LogP contribution >= 0.6 is 11.6 Å². The zero-order chi connectivity index (χ0) is 17.5. The highest BCUT2D eigenvalue weighted by atomic mass is 35.5. The Morgan fingerprint density at radius 2 is 1.83 bits per heavy atom. The number of methoxy groups -OCH3 is 2. The van der Waals surface area contributed by atoms with Gasteiger partial charge >= 0.3 is 0 Å². The van der Waals surface area contributed by atoms with Crippen molar-refractivity contribution < 1.29 is 19.1 Å². The number of hydrogen-bond donors (Lipinski definition) is 2. The molecule has 2 N–H and O–H groups in total. The summed E-state index contributed by atoms with van der Waals surface area (Å²) in [7, 11) is 2.99. The minimum absolute atomic E-state index is 0.106. The smallest absolute Gasteiger partial charge is 0.273 e. The van der Waals surface area contributed by atoms with Crippen molar-refractivity contribution >= 4 is 23.4 Å². The lowest BCUT2D eigenvalue weighted by Crippen LogP contribution is -2.42. The molecular weight excluding hydrogens is 332 g/mol. The van der Waals surface area contributed by atoms with Crippen LogP contribution in [0.3, 0.4) is 0 Å². The molecule has 0 spiro atoms. The van der Waals surface area contributed by atoms with Crippen LogP contribution in [0.2, 0.25) is 5.02 Å². The van der Waals surface area contributed by atoms with E-state index in [-0.39, 0.29) is 17.9 Å². The number of hydrazine groups is 1. The van der Waals surface area contributed by atoms with Gasteiger partial charge in [-0.05, 0) is 35.9 Å². The summed E-state index contributed by atoms with van der Waals surface area (Å²) in [4.78, 5) is 24.1. The highest BCUT2D eigenvalue weighted by Gasteiger charge is 2.13. The van der Waals surface area contributed by atoms with Crippen LogP contribution in [0.1, 0.15) is 15.9 Å². The minimum atomic E-state index is -0.498. The van der Waals surface area contributed by atoms with Crippen LogP contribution in [-0.2, 0) is 11.2 Å². The molecule has 2 amide bonds. The first kappa shape index (κ1) is 17.6. The number of carbonyl (C=O) groups is 2. The first-order valence-corrected chi connectivity index (χ1v) is 7.47. The number of nitrogens with one attached hydrogen (secondary N) is 2. The third kappa shape index (κ3) is 4.63. The zero-order valence-electron chi connectivity index (χ0n) is 13.3. The third-order valence-corrected chi connectivity index (χ3v) is 3.46. The molecule has 0 fully saturated rings. The second-order valence-electron chi connectivity index (χ2n) is 4.88. The Kier molecular flexibility index (Phi) is 6.03. The van der Waals surface area contributed by atoms with Crippen LogP contribution in [0, 0.1) is 0 Å². The molecule has 7 heteroatoms. The fraction of sp³-hybridized carbons (Fsp3) is 0.176. The van der Waals surface area contributed by atoms with Crippen molar-refractivity contribution in [2.75, 3.05) is 14.2 Å². The lowest BCUT2D eigenvalue weighted by Gasteiger charge is -2.11. The van der Waals surface area contributed by atoms with Gasteiger partial charge in [0.15, 0.2) is 0 Å². The molecule has 0 bridgehead atoms. The van der Waals surface area contributed by atoms with E-state index in [2.05, 4.69) is 10.9 Å². The standard InChI is InChI=1S/C17H17ClN2O4/c1-23-13-5-3-4-11(8-13)9-16(21)19-20-17(22)14-7-6-12(18)10-15(14)24-2/h3-8,10H,9H2,1-2H3,(H,19,21)(H,20,22). The Morgan fingerprint density at radius 1 is 1.04 bits per heavy atom. The van der Waals surface area contributed by atoms with Crippen molar-refractivity contribution in [2.24, 2.45) is 0 Å². The Bertz CT molecular complexity index is 749.